The van der Waals surface area contributed by atoms with Crippen molar-refractivity contribution in [3.8, 4) is 5.82 Å². The van der Waals surface area contributed by atoms with Gasteiger partial charge in [-0.15, -0.1) is 0 Å². The molecule has 0 spiro atoms. The van der Waals surface area contributed by atoms with E-state index in [2.05, 4.69) is 40.8 Å². The van der Waals surface area contributed by atoms with Crippen LogP contribution in [-0.2, 0) is 7.05 Å². The summed E-state index contributed by atoms with van der Waals surface area (Å²) >= 11 is 0. The van der Waals surface area contributed by atoms with Crippen LogP contribution in [0.4, 0.5) is 5.69 Å². The van der Waals surface area contributed by atoms with Gasteiger partial charge in [-0.2, -0.15) is 0 Å². The van der Waals surface area contributed by atoms with Gasteiger partial charge in [0.05, 0.1) is 23.8 Å². The highest BCUT2D eigenvalue weighted by Crippen LogP contribution is 2.28. The average molecular weight is 371 g/mol. The van der Waals surface area contributed by atoms with E-state index in [1.54, 1.807) is 0 Å². The van der Waals surface area contributed by atoms with Gasteiger partial charge in [0.25, 0.3) is 0 Å². The van der Waals surface area contributed by atoms with Crippen molar-refractivity contribution in [1.82, 2.24) is 9.78 Å². The van der Waals surface area contributed by atoms with Gasteiger partial charge in [0.2, 0.25) is 0 Å². The maximum atomic E-state index is 13.1. The zero-order valence-corrected chi connectivity index (χ0v) is 16.3. The number of H-pyrrole nitrogens is 1. The quantitative estimate of drug-likeness (QED) is 0.554. The molecule has 0 atom stereocenters. The summed E-state index contributed by atoms with van der Waals surface area (Å²) in [5, 5.41) is 6.51. The van der Waals surface area contributed by atoms with Crippen molar-refractivity contribution in [2.24, 2.45) is 7.05 Å². The number of pyridine rings is 1. The van der Waals surface area contributed by atoms with E-state index in [-0.39, 0.29) is 5.56 Å². The van der Waals surface area contributed by atoms with E-state index in [1.807, 2.05) is 68.3 Å². The number of rotatable bonds is 3. The second kappa shape index (κ2) is 6.85. The molecular formula is C23H23N4O+. The number of benzene rings is 2. The number of aromatic amines is 1. The Hall–Kier alpha value is -3.60. The molecule has 2 heterocycles. The van der Waals surface area contributed by atoms with Crippen LogP contribution in [-0.4, -0.2) is 23.9 Å². The summed E-state index contributed by atoms with van der Waals surface area (Å²) in [6.45, 7) is 4.05. The van der Waals surface area contributed by atoms with E-state index in [0.29, 0.717) is 10.6 Å². The van der Waals surface area contributed by atoms with Gasteiger partial charge in [0, 0.05) is 31.2 Å². The molecule has 1 N–H and O–H groups in total. The molecule has 0 aliphatic carbocycles. The van der Waals surface area contributed by atoms with Gasteiger partial charge in [-0.1, -0.05) is 47.7 Å². The lowest BCUT2D eigenvalue weighted by molar-refractivity contribution is -0.666. The molecule has 2 aromatic carbocycles. The summed E-state index contributed by atoms with van der Waals surface area (Å²) in [7, 11) is 5.97. The van der Waals surface area contributed by atoms with Crippen LogP contribution in [0.5, 0.6) is 0 Å². The predicted molar refractivity (Wildman–Crippen MR) is 114 cm³/mol. The van der Waals surface area contributed by atoms with E-state index in [0.717, 1.165) is 27.8 Å². The SMILES string of the molecule is C=c1[nH]n(-c2cccc[n+]2C)c(=O)c1=Cc1ccc(N(C)C)c2ccccc12. The summed E-state index contributed by atoms with van der Waals surface area (Å²) in [6.07, 6.45) is 3.82. The van der Waals surface area contributed by atoms with Crippen LogP contribution in [0.3, 0.4) is 0 Å². The number of hydrogen-bond donors (Lipinski definition) is 1. The van der Waals surface area contributed by atoms with E-state index >= 15 is 0 Å². The smallest absolute Gasteiger partial charge is 0.366 e. The van der Waals surface area contributed by atoms with Crippen LogP contribution in [0.2, 0.25) is 0 Å². The van der Waals surface area contributed by atoms with Gasteiger partial charge in [0.1, 0.15) is 0 Å². The highest BCUT2D eigenvalue weighted by Gasteiger charge is 2.15. The molecule has 0 saturated heterocycles. The summed E-state index contributed by atoms with van der Waals surface area (Å²) in [5.74, 6) is 0.755. The van der Waals surface area contributed by atoms with Crippen molar-refractivity contribution < 1.29 is 4.57 Å². The zero-order valence-electron chi connectivity index (χ0n) is 16.3. The Morgan fingerprint density at radius 2 is 1.75 bits per heavy atom. The van der Waals surface area contributed by atoms with Gasteiger partial charge in [-0.3, -0.25) is 0 Å². The van der Waals surface area contributed by atoms with Crippen molar-refractivity contribution in [3.05, 3.63) is 87.3 Å². The molecular weight excluding hydrogens is 348 g/mol. The molecule has 5 nitrogen and oxygen atoms in total. The summed E-state index contributed by atoms with van der Waals surface area (Å²) in [5.41, 5.74) is 2.02. The highest BCUT2D eigenvalue weighted by atomic mass is 16.1. The maximum Gasteiger partial charge on any atom is 0.366 e. The standard InChI is InChI=1S/C23H23N4O/c1-16-20(23(28)27(24-16)22-11-7-8-14-26(22)4)15-17-12-13-21(25(2)3)19-10-6-5-9-18(17)19/h5-15,24H,1H2,2-4H3/q+1. The topological polar surface area (TPSA) is 44.9 Å². The Morgan fingerprint density at radius 3 is 2.46 bits per heavy atom. The molecule has 5 heteroatoms. The predicted octanol–water partition coefficient (Wildman–Crippen LogP) is 1.45. The molecule has 0 aliphatic rings. The molecule has 28 heavy (non-hydrogen) atoms. The normalized spacial score (nSPS) is 11.9. The first-order chi connectivity index (χ1) is 13.5. The fourth-order valence-electron chi connectivity index (χ4n) is 3.53. The second-order valence-electron chi connectivity index (χ2n) is 7.07. The van der Waals surface area contributed by atoms with Crippen molar-refractivity contribution in [2.45, 2.75) is 0 Å². The van der Waals surface area contributed by atoms with Gasteiger partial charge < -0.3 is 4.90 Å². The minimum atomic E-state index is -0.118. The molecule has 4 aromatic rings. The number of aryl methyl sites for hydroxylation is 1. The number of nitrogens with one attached hydrogen (secondary N) is 1. The number of aromatic nitrogens is 3. The lowest BCUT2D eigenvalue weighted by Crippen LogP contribution is -2.39. The number of fused-ring (bicyclic) bond motifs is 1. The second-order valence-corrected chi connectivity index (χ2v) is 7.07. The Balaban J connectivity index is 1.97. The van der Waals surface area contributed by atoms with Crippen molar-refractivity contribution in [3.63, 3.8) is 0 Å². The van der Waals surface area contributed by atoms with Crippen LogP contribution in [0.25, 0.3) is 29.2 Å². The van der Waals surface area contributed by atoms with Gasteiger partial charge in [0.15, 0.2) is 0 Å². The van der Waals surface area contributed by atoms with Gasteiger partial charge in [-0.25, -0.2) is 14.5 Å². The third-order valence-corrected chi connectivity index (χ3v) is 4.98. The van der Waals surface area contributed by atoms with Crippen LogP contribution in [0.15, 0.2) is 65.6 Å². The molecule has 0 bridgehead atoms. The van der Waals surface area contributed by atoms with Gasteiger partial charge in [-0.05, 0) is 29.2 Å². The van der Waals surface area contributed by atoms with E-state index in [4.69, 9.17) is 0 Å². The number of nitrogens with zero attached hydrogens (tertiary/aromatic N) is 3. The van der Waals surface area contributed by atoms with Crippen molar-refractivity contribution >= 4 is 29.1 Å². The van der Waals surface area contributed by atoms with E-state index in [1.165, 1.54) is 4.68 Å². The highest BCUT2D eigenvalue weighted by molar-refractivity contribution is 5.99. The first-order valence-corrected chi connectivity index (χ1v) is 9.13. The minimum absolute atomic E-state index is 0.118. The Bertz CT molecular complexity index is 1350. The van der Waals surface area contributed by atoms with Crippen molar-refractivity contribution in [2.75, 3.05) is 19.0 Å². The molecule has 2 aromatic heterocycles. The lowest BCUT2D eigenvalue weighted by Gasteiger charge is -2.16. The van der Waals surface area contributed by atoms with E-state index < -0.39 is 0 Å². The number of hydrogen-bond acceptors (Lipinski definition) is 2. The van der Waals surface area contributed by atoms with Crippen LogP contribution in [0, 0.1) is 0 Å². The molecule has 0 aliphatic heterocycles. The molecule has 0 fully saturated rings. The Labute approximate surface area is 163 Å². The van der Waals surface area contributed by atoms with Crippen molar-refractivity contribution in [1.29, 1.82) is 0 Å². The fraction of sp³-hybridized carbons (Fsp3) is 0.130. The molecule has 4 rings (SSSR count). The monoisotopic (exact) mass is 371 g/mol. The Morgan fingerprint density at radius 1 is 1.04 bits per heavy atom. The first-order valence-electron chi connectivity index (χ1n) is 9.13. The average Bonchev–Trinajstić information content (AvgIpc) is 2.96. The lowest BCUT2D eigenvalue weighted by atomic mass is 10.0. The largest absolute Gasteiger partial charge is 0.377 e. The third kappa shape index (κ3) is 2.91. The fourth-order valence-corrected chi connectivity index (χ4v) is 3.53. The van der Waals surface area contributed by atoms with Gasteiger partial charge >= 0.3 is 11.4 Å². The molecule has 0 radical (unpaired) electrons. The van der Waals surface area contributed by atoms with Crippen LogP contribution in [0.1, 0.15) is 5.56 Å². The number of anilines is 1. The minimum Gasteiger partial charge on any atom is -0.377 e. The third-order valence-electron chi connectivity index (χ3n) is 4.98. The first kappa shape index (κ1) is 17.8. The van der Waals surface area contributed by atoms with E-state index in [9.17, 15) is 4.79 Å². The van der Waals surface area contributed by atoms with Crippen LogP contribution < -0.4 is 25.6 Å². The molecule has 0 saturated carbocycles. The Kier molecular flexibility index (Phi) is 4.35. The molecule has 140 valence electrons. The molecule has 0 unspecified atom stereocenters. The van der Waals surface area contributed by atoms with Crippen LogP contribution >= 0.6 is 0 Å². The summed E-state index contributed by atoms with van der Waals surface area (Å²) < 4.78 is 3.42. The molecule has 0 amide bonds. The zero-order chi connectivity index (χ0) is 19.8. The maximum absolute atomic E-state index is 13.1. The summed E-state index contributed by atoms with van der Waals surface area (Å²) in [6, 6.07) is 18.1. The summed E-state index contributed by atoms with van der Waals surface area (Å²) in [4.78, 5) is 15.2.